The number of benzene rings is 2. The molecule has 1 heterocycles. The third kappa shape index (κ3) is 5.27. The molecular weight excluding hydrogens is 348 g/mol. The maximum absolute atomic E-state index is 5.92. The van der Waals surface area contributed by atoms with E-state index in [1.165, 1.54) is 23.5 Å². The fraction of sp³-hybridized carbons (Fsp3) is 0.333. The second kappa shape index (κ2) is 8.76. The molecule has 0 aliphatic carbocycles. The Balaban J connectivity index is 1.43. The van der Waals surface area contributed by atoms with Gasteiger partial charge in [-0.2, -0.15) is 0 Å². The first-order valence-electron chi connectivity index (χ1n) is 7.65. The third-order valence-corrected chi connectivity index (χ3v) is 6.65. The molecule has 0 spiro atoms. The highest BCUT2D eigenvalue weighted by molar-refractivity contribution is 8.16. The van der Waals surface area contributed by atoms with E-state index in [-0.39, 0.29) is 0 Å². The first-order valence-corrected chi connectivity index (χ1v) is 10.1. The second-order valence-electron chi connectivity index (χ2n) is 5.15. The number of hydrogen-bond acceptors (Lipinski definition) is 4. The first kappa shape index (κ1) is 16.9. The summed E-state index contributed by atoms with van der Waals surface area (Å²) in [6, 6.07) is 15.8. The second-order valence-corrected chi connectivity index (χ2v) is 8.31. The van der Waals surface area contributed by atoms with Crippen LogP contribution in [0.1, 0.15) is 16.6 Å². The van der Waals surface area contributed by atoms with Gasteiger partial charge in [0.15, 0.2) is 0 Å². The first-order chi connectivity index (χ1) is 11.3. The van der Waals surface area contributed by atoms with Gasteiger partial charge in [-0.15, -0.1) is 23.5 Å². The van der Waals surface area contributed by atoms with Crippen LogP contribution < -0.4 is 9.47 Å². The van der Waals surface area contributed by atoms with Crippen LogP contribution in [0.5, 0.6) is 11.5 Å². The summed E-state index contributed by atoms with van der Waals surface area (Å²) in [4.78, 5) is 0. The van der Waals surface area contributed by atoms with Crippen LogP contribution in [0.3, 0.4) is 0 Å². The Hall–Kier alpha value is -0.970. The predicted octanol–water partition coefficient (Wildman–Crippen LogP) is 5.67. The molecule has 0 amide bonds. The van der Waals surface area contributed by atoms with E-state index in [0.717, 1.165) is 11.5 Å². The van der Waals surface area contributed by atoms with E-state index in [2.05, 4.69) is 12.1 Å². The molecule has 2 nitrogen and oxygen atoms in total. The van der Waals surface area contributed by atoms with E-state index >= 15 is 0 Å². The SMILES string of the molecule is Clc1cccc(OCCOc2ccc(C3SCCCS3)cc2)c1. The van der Waals surface area contributed by atoms with Crippen molar-refractivity contribution in [3.05, 3.63) is 59.1 Å². The summed E-state index contributed by atoms with van der Waals surface area (Å²) < 4.78 is 11.9. The molecule has 1 aliphatic rings. The molecule has 0 saturated carbocycles. The maximum Gasteiger partial charge on any atom is 0.122 e. The van der Waals surface area contributed by atoms with Crippen molar-refractivity contribution in [1.82, 2.24) is 0 Å². The van der Waals surface area contributed by atoms with Gasteiger partial charge in [0.05, 0.1) is 4.58 Å². The fourth-order valence-corrected chi connectivity index (χ4v) is 5.35. The molecule has 2 aromatic carbocycles. The van der Waals surface area contributed by atoms with E-state index in [0.29, 0.717) is 22.8 Å². The average Bonchev–Trinajstić information content (AvgIpc) is 2.60. The number of ether oxygens (including phenoxy) is 2. The van der Waals surface area contributed by atoms with Gasteiger partial charge in [-0.05, 0) is 53.8 Å². The topological polar surface area (TPSA) is 18.5 Å². The lowest BCUT2D eigenvalue weighted by Gasteiger charge is -2.21. The van der Waals surface area contributed by atoms with Crippen LogP contribution in [-0.2, 0) is 0 Å². The van der Waals surface area contributed by atoms with Crippen LogP contribution in [0.25, 0.3) is 0 Å². The van der Waals surface area contributed by atoms with Crippen molar-refractivity contribution in [2.45, 2.75) is 11.0 Å². The normalized spacial score (nSPS) is 15.3. The smallest absolute Gasteiger partial charge is 0.122 e. The highest BCUT2D eigenvalue weighted by Gasteiger charge is 2.16. The molecule has 3 rings (SSSR count). The molecule has 1 fully saturated rings. The predicted molar refractivity (Wildman–Crippen MR) is 101 cm³/mol. The Morgan fingerprint density at radius 3 is 2.30 bits per heavy atom. The molecule has 122 valence electrons. The minimum absolute atomic E-state index is 0.496. The van der Waals surface area contributed by atoms with Crippen molar-refractivity contribution < 1.29 is 9.47 Å². The van der Waals surface area contributed by atoms with Crippen LogP contribution >= 0.6 is 35.1 Å². The summed E-state index contributed by atoms with van der Waals surface area (Å²) in [5, 5.41) is 0.678. The lowest BCUT2D eigenvalue weighted by atomic mass is 10.2. The molecule has 23 heavy (non-hydrogen) atoms. The zero-order valence-corrected chi connectivity index (χ0v) is 15.1. The number of hydrogen-bond donors (Lipinski definition) is 0. The van der Waals surface area contributed by atoms with Gasteiger partial charge in [0.2, 0.25) is 0 Å². The van der Waals surface area contributed by atoms with Crippen molar-refractivity contribution in [3.8, 4) is 11.5 Å². The summed E-state index contributed by atoms with van der Waals surface area (Å²) >= 11 is 9.99. The van der Waals surface area contributed by atoms with Gasteiger partial charge in [-0.25, -0.2) is 0 Å². The van der Waals surface area contributed by atoms with Crippen molar-refractivity contribution in [2.24, 2.45) is 0 Å². The van der Waals surface area contributed by atoms with Crippen LogP contribution in [0.2, 0.25) is 5.02 Å². The Morgan fingerprint density at radius 2 is 1.61 bits per heavy atom. The van der Waals surface area contributed by atoms with Crippen LogP contribution in [0.4, 0.5) is 0 Å². The standard InChI is InChI=1S/C18H19ClO2S2/c19-15-3-1-4-17(13-15)21-10-9-20-16-7-5-14(6-8-16)18-22-11-2-12-23-18/h1,3-8,13,18H,2,9-12H2. The molecule has 2 aromatic rings. The van der Waals surface area contributed by atoms with Crippen LogP contribution in [0.15, 0.2) is 48.5 Å². The summed E-state index contributed by atoms with van der Waals surface area (Å²) in [6.07, 6.45) is 1.32. The third-order valence-electron chi connectivity index (χ3n) is 3.40. The van der Waals surface area contributed by atoms with E-state index in [1.807, 2.05) is 53.9 Å². The molecule has 0 aromatic heterocycles. The average molecular weight is 367 g/mol. The van der Waals surface area contributed by atoms with Crippen molar-refractivity contribution in [3.63, 3.8) is 0 Å². The van der Waals surface area contributed by atoms with Crippen molar-refractivity contribution >= 4 is 35.1 Å². The molecule has 0 radical (unpaired) electrons. The molecule has 0 unspecified atom stereocenters. The minimum Gasteiger partial charge on any atom is -0.490 e. The minimum atomic E-state index is 0.496. The fourth-order valence-electron chi connectivity index (χ4n) is 2.28. The van der Waals surface area contributed by atoms with Gasteiger partial charge in [-0.1, -0.05) is 29.8 Å². The molecule has 5 heteroatoms. The number of halogens is 1. The maximum atomic E-state index is 5.92. The van der Waals surface area contributed by atoms with E-state index in [1.54, 1.807) is 6.07 Å². The highest BCUT2D eigenvalue weighted by atomic mass is 35.5. The van der Waals surface area contributed by atoms with Crippen molar-refractivity contribution in [2.75, 3.05) is 24.7 Å². The molecule has 0 bridgehead atoms. The largest absolute Gasteiger partial charge is 0.490 e. The summed E-state index contributed by atoms with van der Waals surface area (Å²) in [6.45, 7) is 1.01. The van der Waals surface area contributed by atoms with Gasteiger partial charge in [0.1, 0.15) is 24.7 Å². The van der Waals surface area contributed by atoms with E-state index in [4.69, 9.17) is 21.1 Å². The van der Waals surface area contributed by atoms with Gasteiger partial charge in [-0.3, -0.25) is 0 Å². The molecule has 1 aliphatic heterocycles. The Bertz CT molecular complexity index is 613. The van der Waals surface area contributed by atoms with Gasteiger partial charge >= 0.3 is 0 Å². The highest BCUT2D eigenvalue weighted by Crippen LogP contribution is 2.43. The lowest BCUT2D eigenvalue weighted by Crippen LogP contribution is -2.09. The Morgan fingerprint density at radius 1 is 0.913 bits per heavy atom. The zero-order chi connectivity index (χ0) is 15.9. The van der Waals surface area contributed by atoms with E-state index < -0.39 is 0 Å². The molecular formula is C18H19ClO2S2. The Kier molecular flexibility index (Phi) is 6.43. The van der Waals surface area contributed by atoms with Gasteiger partial charge in [0, 0.05) is 5.02 Å². The van der Waals surface area contributed by atoms with Crippen molar-refractivity contribution in [1.29, 1.82) is 0 Å². The van der Waals surface area contributed by atoms with Crippen LogP contribution in [0, 0.1) is 0 Å². The zero-order valence-electron chi connectivity index (χ0n) is 12.7. The summed E-state index contributed by atoms with van der Waals surface area (Å²) in [5.74, 6) is 4.17. The quantitative estimate of drug-likeness (QED) is 0.613. The number of thioether (sulfide) groups is 2. The van der Waals surface area contributed by atoms with E-state index in [9.17, 15) is 0 Å². The molecule has 0 N–H and O–H groups in total. The summed E-state index contributed by atoms with van der Waals surface area (Å²) in [7, 11) is 0. The van der Waals surface area contributed by atoms with Gasteiger partial charge < -0.3 is 9.47 Å². The number of rotatable bonds is 6. The molecule has 1 saturated heterocycles. The lowest BCUT2D eigenvalue weighted by molar-refractivity contribution is 0.217. The van der Waals surface area contributed by atoms with Crippen LogP contribution in [-0.4, -0.2) is 24.7 Å². The monoisotopic (exact) mass is 366 g/mol. The summed E-state index contributed by atoms with van der Waals surface area (Å²) in [5.41, 5.74) is 1.38. The molecule has 0 atom stereocenters. The van der Waals surface area contributed by atoms with Gasteiger partial charge in [0.25, 0.3) is 0 Å². The Labute approximate surface area is 150 Å².